The first-order valence-corrected chi connectivity index (χ1v) is 9.17. The van der Waals surface area contributed by atoms with Crippen molar-refractivity contribution in [3.63, 3.8) is 0 Å². The van der Waals surface area contributed by atoms with E-state index in [0.29, 0.717) is 5.02 Å². The van der Waals surface area contributed by atoms with Gasteiger partial charge in [0.25, 0.3) is 0 Å². The molecule has 3 aliphatic rings. The molecule has 0 spiro atoms. The minimum Gasteiger partial charge on any atom is -0.294 e. The van der Waals surface area contributed by atoms with E-state index in [9.17, 15) is 9.59 Å². The van der Waals surface area contributed by atoms with Crippen LogP contribution in [-0.4, -0.2) is 11.6 Å². The molecule has 0 aliphatic heterocycles. The van der Waals surface area contributed by atoms with Crippen molar-refractivity contribution < 1.29 is 9.59 Å². The molecule has 3 saturated carbocycles. The number of carbonyl (C=O) groups is 2. The van der Waals surface area contributed by atoms with Crippen molar-refractivity contribution in [3.05, 3.63) is 46.5 Å². The van der Waals surface area contributed by atoms with Gasteiger partial charge in [0.15, 0.2) is 11.6 Å². The quantitative estimate of drug-likeness (QED) is 0.733. The largest absolute Gasteiger partial charge is 0.294 e. The number of fused-ring (bicyclic) bond motifs is 2. The second-order valence-electron chi connectivity index (χ2n) is 8.53. The number of benzene rings is 1. The van der Waals surface area contributed by atoms with E-state index in [4.69, 9.17) is 11.6 Å². The van der Waals surface area contributed by atoms with Crippen molar-refractivity contribution in [2.24, 2.45) is 16.7 Å². The van der Waals surface area contributed by atoms with Crippen molar-refractivity contribution in [2.45, 2.75) is 51.9 Å². The van der Waals surface area contributed by atoms with Gasteiger partial charge in [-0.2, -0.15) is 0 Å². The molecular formula is C21H23ClO2. The van der Waals surface area contributed by atoms with Crippen LogP contribution in [0, 0.1) is 16.7 Å². The molecule has 24 heavy (non-hydrogen) atoms. The number of Topliss-reactive ketones (excluding diaryl/α,β-unsaturated/α-hetero) is 1. The average molecular weight is 343 g/mol. The summed E-state index contributed by atoms with van der Waals surface area (Å²) in [6.45, 7) is 6.44. The number of carbonyl (C=O) groups excluding carboxylic acids is 2. The Hall–Kier alpha value is -1.41. The number of allylic oxidation sites excluding steroid dienone is 2. The number of hydrogen-bond donors (Lipinski definition) is 0. The molecule has 0 N–H and O–H groups in total. The van der Waals surface area contributed by atoms with Crippen LogP contribution in [0.3, 0.4) is 0 Å². The molecule has 4 rings (SSSR count). The Morgan fingerprint density at radius 1 is 1.12 bits per heavy atom. The van der Waals surface area contributed by atoms with Gasteiger partial charge < -0.3 is 0 Å². The topological polar surface area (TPSA) is 34.1 Å². The molecule has 0 amide bonds. The molecular weight excluding hydrogens is 320 g/mol. The lowest BCUT2D eigenvalue weighted by molar-refractivity contribution is -0.126. The second-order valence-corrected chi connectivity index (χ2v) is 8.96. The number of halogens is 1. The number of rotatable bonds is 3. The molecule has 0 saturated heterocycles. The summed E-state index contributed by atoms with van der Waals surface area (Å²) in [4.78, 5) is 26.0. The highest BCUT2D eigenvalue weighted by Gasteiger charge is 2.64. The highest BCUT2D eigenvalue weighted by molar-refractivity contribution is 6.30. The van der Waals surface area contributed by atoms with Crippen LogP contribution in [-0.2, 0) is 15.0 Å². The molecule has 126 valence electrons. The third-order valence-corrected chi connectivity index (χ3v) is 7.52. The first-order chi connectivity index (χ1) is 11.2. The Labute approximate surface area is 148 Å². The van der Waals surface area contributed by atoms with E-state index < -0.39 is 5.41 Å². The van der Waals surface area contributed by atoms with Crippen molar-refractivity contribution in [1.82, 2.24) is 0 Å². The van der Waals surface area contributed by atoms with Gasteiger partial charge in [-0.3, -0.25) is 9.59 Å². The Kier molecular flexibility index (Phi) is 3.23. The van der Waals surface area contributed by atoms with Crippen LogP contribution in [0.1, 0.15) is 52.0 Å². The normalized spacial score (nSPS) is 33.9. The Morgan fingerprint density at radius 3 is 2.25 bits per heavy atom. The van der Waals surface area contributed by atoms with Gasteiger partial charge in [-0.05, 0) is 60.8 Å². The Balaban J connectivity index is 1.69. The highest BCUT2D eigenvalue weighted by atomic mass is 35.5. The summed E-state index contributed by atoms with van der Waals surface area (Å²) in [5.74, 6) is 0.518. The van der Waals surface area contributed by atoms with Gasteiger partial charge in [0.05, 0.1) is 5.41 Å². The van der Waals surface area contributed by atoms with Crippen molar-refractivity contribution in [1.29, 1.82) is 0 Å². The smallest absolute Gasteiger partial charge is 0.166 e. The summed E-state index contributed by atoms with van der Waals surface area (Å²) in [5, 5.41) is 0.679. The van der Waals surface area contributed by atoms with Crippen LogP contribution < -0.4 is 0 Å². The molecule has 1 aromatic rings. The Bertz CT molecular complexity index is 768. The van der Waals surface area contributed by atoms with Gasteiger partial charge in [-0.1, -0.05) is 44.5 Å². The van der Waals surface area contributed by atoms with Gasteiger partial charge in [0.2, 0.25) is 0 Å². The van der Waals surface area contributed by atoms with Gasteiger partial charge in [0.1, 0.15) is 0 Å². The number of hydrogen-bond acceptors (Lipinski definition) is 2. The molecule has 3 heteroatoms. The second kappa shape index (κ2) is 4.82. The zero-order valence-corrected chi connectivity index (χ0v) is 15.2. The molecule has 3 aliphatic carbocycles. The minimum absolute atomic E-state index is 0.0484. The molecule has 1 aromatic carbocycles. The third-order valence-electron chi connectivity index (χ3n) is 7.27. The van der Waals surface area contributed by atoms with Crippen LogP contribution in [0.4, 0.5) is 0 Å². The van der Waals surface area contributed by atoms with E-state index in [1.54, 1.807) is 6.08 Å². The van der Waals surface area contributed by atoms with E-state index >= 15 is 0 Å². The van der Waals surface area contributed by atoms with Crippen LogP contribution >= 0.6 is 11.6 Å². The SMILES string of the molecule is CC12CC[C@@H](/C(=C\C(=O)C3(c4ccc(Cl)cc4)CC3)C1=O)C2(C)C. The van der Waals surface area contributed by atoms with Crippen LogP contribution in [0.25, 0.3) is 0 Å². The average Bonchev–Trinajstić information content (AvgIpc) is 3.27. The van der Waals surface area contributed by atoms with Crippen molar-refractivity contribution in [2.75, 3.05) is 0 Å². The summed E-state index contributed by atoms with van der Waals surface area (Å²) in [6.07, 6.45) is 5.37. The van der Waals surface area contributed by atoms with E-state index in [-0.39, 0.29) is 28.3 Å². The lowest BCUT2D eigenvalue weighted by Gasteiger charge is -2.31. The lowest BCUT2D eigenvalue weighted by Crippen LogP contribution is -2.32. The molecule has 0 heterocycles. The number of ketones is 2. The van der Waals surface area contributed by atoms with Crippen LogP contribution in [0.2, 0.25) is 5.02 Å². The van der Waals surface area contributed by atoms with E-state index in [1.165, 1.54) is 0 Å². The Morgan fingerprint density at radius 2 is 1.75 bits per heavy atom. The van der Waals surface area contributed by atoms with Gasteiger partial charge in [0, 0.05) is 16.0 Å². The van der Waals surface area contributed by atoms with Crippen molar-refractivity contribution in [3.8, 4) is 0 Å². The first kappa shape index (κ1) is 16.1. The van der Waals surface area contributed by atoms with Gasteiger partial charge >= 0.3 is 0 Å². The molecule has 3 fully saturated rings. The maximum absolute atomic E-state index is 13.0. The molecule has 2 bridgehead atoms. The van der Waals surface area contributed by atoms with Gasteiger partial charge in [-0.25, -0.2) is 0 Å². The molecule has 2 atom stereocenters. The fourth-order valence-electron chi connectivity index (χ4n) is 4.94. The third kappa shape index (κ3) is 1.89. The monoisotopic (exact) mass is 342 g/mol. The summed E-state index contributed by atoms with van der Waals surface area (Å²) in [5.41, 5.74) is 1.02. The predicted molar refractivity (Wildman–Crippen MR) is 95.1 cm³/mol. The standard InChI is InChI=1S/C21H23ClO2/c1-19(2)16-8-9-20(19,3)18(24)15(16)12-17(23)21(10-11-21)13-4-6-14(22)7-5-13/h4-7,12,16H,8-11H2,1-3H3/b15-12+/t16-,20?/m0/s1. The molecule has 1 unspecified atom stereocenters. The zero-order valence-electron chi connectivity index (χ0n) is 14.5. The summed E-state index contributed by atoms with van der Waals surface area (Å²) < 4.78 is 0. The summed E-state index contributed by atoms with van der Waals surface area (Å²) in [6, 6.07) is 7.56. The van der Waals surface area contributed by atoms with Gasteiger partial charge in [-0.15, -0.1) is 0 Å². The first-order valence-electron chi connectivity index (χ1n) is 8.79. The van der Waals surface area contributed by atoms with E-state index in [1.807, 2.05) is 24.3 Å². The lowest BCUT2D eigenvalue weighted by atomic mass is 9.70. The van der Waals surface area contributed by atoms with Crippen LogP contribution in [0.15, 0.2) is 35.9 Å². The fraction of sp³-hybridized carbons (Fsp3) is 0.524. The molecule has 0 aromatic heterocycles. The predicted octanol–water partition coefficient (Wildman–Crippen LogP) is 4.89. The minimum atomic E-state index is -0.426. The summed E-state index contributed by atoms with van der Waals surface area (Å²) >= 11 is 5.97. The molecule has 0 radical (unpaired) electrons. The highest BCUT2D eigenvalue weighted by Crippen LogP contribution is 2.65. The maximum Gasteiger partial charge on any atom is 0.166 e. The molecule has 2 nitrogen and oxygen atoms in total. The summed E-state index contributed by atoms with van der Waals surface area (Å²) in [7, 11) is 0. The fourth-order valence-corrected chi connectivity index (χ4v) is 5.07. The maximum atomic E-state index is 13.0. The zero-order chi connectivity index (χ0) is 17.3. The van der Waals surface area contributed by atoms with Crippen molar-refractivity contribution >= 4 is 23.2 Å². The van der Waals surface area contributed by atoms with Crippen LogP contribution in [0.5, 0.6) is 0 Å². The van der Waals surface area contributed by atoms with E-state index in [2.05, 4.69) is 20.8 Å². The van der Waals surface area contributed by atoms with E-state index in [0.717, 1.165) is 36.8 Å².